The number of para-hydroxylation sites is 1. The van der Waals surface area contributed by atoms with Crippen LogP contribution in [0.5, 0.6) is 0 Å². The van der Waals surface area contributed by atoms with Crippen LogP contribution in [-0.4, -0.2) is 34.3 Å². The normalized spacial score (nSPS) is 23.6. The van der Waals surface area contributed by atoms with Crippen molar-refractivity contribution in [1.82, 2.24) is 9.88 Å². The van der Waals surface area contributed by atoms with Crippen molar-refractivity contribution in [3.05, 3.63) is 59.9 Å². The van der Waals surface area contributed by atoms with Crippen LogP contribution in [0.25, 0.3) is 21.8 Å². The summed E-state index contributed by atoms with van der Waals surface area (Å²) in [6, 6.07) is 9.01. The summed E-state index contributed by atoms with van der Waals surface area (Å²) in [6.07, 6.45) is 2.92. The molecule has 2 aromatic carbocycles. The molecule has 1 aliphatic carbocycles. The maximum Gasteiger partial charge on any atom is 0.250 e. The number of nitrogens with zero attached hydrogens (tertiary/aromatic N) is 1. The maximum absolute atomic E-state index is 15.3. The van der Waals surface area contributed by atoms with Crippen LogP contribution in [0.3, 0.4) is 0 Å². The van der Waals surface area contributed by atoms with Crippen molar-refractivity contribution in [2.45, 2.75) is 24.8 Å². The number of aromatic amines is 1. The van der Waals surface area contributed by atoms with Gasteiger partial charge in [-0.05, 0) is 42.9 Å². The molecule has 2 fully saturated rings. The number of carbonyl (C=O) groups is 2. The lowest BCUT2D eigenvalue weighted by atomic mass is 9.83. The van der Waals surface area contributed by atoms with Crippen LogP contribution in [0.4, 0.5) is 4.39 Å². The fourth-order valence-electron chi connectivity index (χ4n) is 5.27. The summed E-state index contributed by atoms with van der Waals surface area (Å²) in [5, 5.41) is 1.62. The minimum Gasteiger partial charge on any atom is -0.366 e. The number of halogens is 1. The summed E-state index contributed by atoms with van der Waals surface area (Å²) in [7, 11) is 0. The first kappa shape index (κ1) is 17.0. The van der Waals surface area contributed by atoms with E-state index in [1.807, 2.05) is 29.2 Å². The molecule has 3 aromatic rings. The predicted molar refractivity (Wildman–Crippen MR) is 105 cm³/mol. The van der Waals surface area contributed by atoms with Crippen molar-refractivity contribution in [3.63, 3.8) is 0 Å². The van der Waals surface area contributed by atoms with E-state index in [2.05, 4.69) is 11.6 Å². The van der Waals surface area contributed by atoms with Crippen LogP contribution in [0.1, 0.15) is 34.7 Å². The number of piperidine rings is 1. The van der Waals surface area contributed by atoms with Crippen LogP contribution in [0, 0.1) is 11.7 Å². The van der Waals surface area contributed by atoms with Gasteiger partial charge in [-0.1, -0.05) is 24.8 Å². The van der Waals surface area contributed by atoms with Crippen LogP contribution < -0.4 is 5.73 Å². The molecule has 2 bridgehead atoms. The molecule has 2 aliphatic rings. The molecule has 3 atom stereocenters. The predicted octanol–water partition coefficient (Wildman–Crippen LogP) is 3.45. The van der Waals surface area contributed by atoms with Crippen LogP contribution >= 0.6 is 0 Å². The zero-order valence-corrected chi connectivity index (χ0v) is 15.2. The number of hydrogen-bond donors (Lipinski definition) is 2. The molecular formula is C22H20FN3O2. The van der Waals surface area contributed by atoms with E-state index in [1.165, 1.54) is 12.1 Å². The van der Waals surface area contributed by atoms with E-state index in [9.17, 15) is 9.59 Å². The largest absolute Gasteiger partial charge is 0.366 e. The van der Waals surface area contributed by atoms with Crippen molar-refractivity contribution >= 4 is 33.6 Å². The number of carbonyl (C=O) groups excluding carboxylic acids is 2. The molecule has 2 heterocycles. The molecule has 3 unspecified atom stereocenters. The SMILES string of the molecule is C=CC(=O)N1CC2CC1CC2c1c(F)cc(C(N)=O)c2[nH]c3ccccc3c12. The first-order valence-corrected chi connectivity index (χ1v) is 9.45. The lowest BCUT2D eigenvalue weighted by Gasteiger charge is -2.31. The van der Waals surface area contributed by atoms with E-state index in [1.54, 1.807) is 0 Å². The highest BCUT2D eigenvalue weighted by Crippen LogP contribution is 2.50. The van der Waals surface area contributed by atoms with Gasteiger partial charge < -0.3 is 15.6 Å². The Labute approximate surface area is 161 Å². The van der Waals surface area contributed by atoms with Crippen LogP contribution in [-0.2, 0) is 4.79 Å². The standard InChI is InChI=1S/C22H20FN3O2/c1-2-18(27)26-10-11-7-12(26)8-14(11)19-16(23)9-15(22(24)28)21-20(19)13-5-3-4-6-17(13)25-21/h2-6,9,11-12,14,25H,1,7-8,10H2,(H2,24,28). The van der Waals surface area contributed by atoms with Gasteiger partial charge in [-0.2, -0.15) is 0 Å². The Kier molecular flexibility index (Phi) is 3.59. The molecule has 28 heavy (non-hydrogen) atoms. The fraction of sp³-hybridized carbons (Fsp3) is 0.273. The third-order valence-electron chi connectivity index (χ3n) is 6.41. The molecule has 1 saturated carbocycles. The Balaban J connectivity index is 1.70. The molecule has 1 saturated heterocycles. The summed E-state index contributed by atoms with van der Waals surface area (Å²) in [5.41, 5.74) is 7.76. The summed E-state index contributed by atoms with van der Waals surface area (Å²) >= 11 is 0. The number of primary amides is 1. The molecule has 0 radical (unpaired) electrons. The van der Waals surface area contributed by atoms with Gasteiger partial charge in [0.05, 0.1) is 11.1 Å². The van der Waals surface area contributed by atoms with Crippen molar-refractivity contribution in [2.75, 3.05) is 6.54 Å². The molecule has 5 nitrogen and oxygen atoms in total. The Hall–Kier alpha value is -3.15. The van der Waals surface area contributed by atoms with Gasteiger partial charge in [0.15, 0.2) is 0 Å². The average molecular weight is 377 g/mol. The minimum atomic E-state index is -0.655. The highest BCUT2D eigenvalue weighted by Gasteiger charge is 2.47. The summed E-state index contributed by atoms with van der Waals surface area (Å²) in [4.78, 5) is 29.1. The van der Waals surface area contributed by atoms with Crippen LogP contribution in [0.2, 0.25) is 0 Å². The van der Waals surface area contributed by atoms with Crippen molar-refractivity contribution < 1.29 is 14.0 Å². The Morgan fingerprint density at radius 3 is 2.75 bits per heavy atom. The molecule has 5 rings (SSSR count). The van der Waals surface area contributed by atoms with Gasteiger partial charge >= 0.3 is 0 Å². The lowest BCUT2D eigenvalue weighted by Crippen LogP contribution is -2.38. The van der Waals surface area contributed by atoms with Gasteiger partial charge in [0.2, 0.25) is 5.91 Å². The summed E-state index contributed by atoms with van der Waals surface area (Å²) < 4.78 is 15.3. The first-order valence-electron chi connectivity index (χ1n) is 9.45. The Morgan fingerprint density at radius 2 is 2.07 bits per heavy atom. The fourth-order valence-corrected chi connectivity index (χ4v) is 5.27. The number of likely N-dealkylation sites (tertiary alicyclic amines) is 1. The number of nitrogens with two attached hydrogens (primary N) is 1. The monoisotopic (exact) mass is 377 g/mol. The van der Waals surface area contributed by atoms with Gasteiger partial charge in [-0.3, -0.25) is 9.59 Å². The average Bonchev–Trinajstić information content (AvgIpc) is 3.38. The number of fused-ring (bicyclic) bond motifs is 5. The molecule has 3 N–H and O–H groups in total. The number of nitrogens with one attached hydrogen (secondary N) is 1. The summed E-state index contributed by atoms with van der Waals surface area (Å²) in [6.45, 7) is 4.19. The van der Waals surface area contributed by atoms with Crippen molar-refractivity contribution in [1.29, 1.82) is 0 Å². The van der Waals surface area contributed by atoms with E-state index in [-0.39, 0.29) is 29.3 Å². The molecule has 1 aliphatic heterocycles. The van der Waals surface area contributed by atoms with Crippen molar-refractivity contribution in [3.8, 4) is 0 Å². The van der Waals surface area contributed by atoms with E-state index in [4.69, 9.17) is 5.73 Å². The first-order chi connectivity index (χ1) is 13.5. The number of amides is 2. The molecule has 2 amide bonds. The minimum absolute atomic E-state index is 0.00231. The van der Waals surface area contributed by atoms with E-state index < -0.39 is 11.7 Å². The zero-order chi connectivity index (χ0) is 19.6. The molecule has 1 aromatic heterocycles. The third kappa shape index (κ3) is 2.24. The van der Waals surface area contributed by atoms with Gasteiger partial charge in [0.1, 0.15) is 5.82 Å². The number of aromatic nitrogens is 1. The number of benzene rings is 2. The van der Waals surface area contributed by atoms with Crippen LogP contribution in [0.15, 0.2) is 43.0 Å². The van der Waals surface area contributed by atoms with E-state index in [0.29, 0.717) is 24.0 Å². The second-order valence-corrected chi connectivity index (χ2v) is 7.79. The maximum atomic E-state index is 15.3. The second kappa shape index (κ2) is 5.92. The highest BCUT2D eigenvalue weighted by atomic mass is 19.1. The quantitative estimate of drug-likeness (QED) is 0.686. The topological polar surface area (TPSA) is 79.2 Å². The molecule has 0 spiro atoms. The third-order valence-corrected chi connectivity index (χ3v) is 6.41. The highest BCUT2D eigenvalue weighted by molar-refractivity contribution is 6.16. The second-order valence-electron chi connectivity index (χ2n) is 7.79. The van der Waals surface area contributed by atoms with E-state index in [0.717, 1.165) is 22.7 Å². The van der Waals surface area contributed by atoms with Gasteiger partial charge in [-0.15, -0.1) is 0 Å². The summed E-state index contributed by atoms with van der Waals surface area (Å²) in [5.74, 6) is -0.919. The number of hydrogen-bond acceptors (Lipinski definition) is 2. The molecule has 6 heteroatoms. The smallest absolute Gasteiger partial charge is 0.250 e. The number of H-pyrrole nitrogens is 1. The van der Waals surface area contributed by atoms with E-state index >= 15 is 4.39 Å². The van der Waals surface area contributed by atoms with Gasteiger partial charge in [0, 0.05) is 34.4 Å². The Bertz CT molecular complexity index is 1170. The number of rotatable bonds is 3. The molecule has 142 valence electrons. The van der Waals surface area contributed by atoms with Crippen molar-refractivity contribution in [2.24, 2.45) is 11.7 Å². The lowest BCUT2D eigenvalue weighted by molar-refractivity contribution is -0.127. The molecular weight excluding hydrogens is 357 g/mol. The van der Waals surface area contributed by atoms with Gasteiger partial charge in [-0.25, -0.2) is 4.39 Å². The Morgan fingerprint density at radius 1 is 1.29 bits per heavy atom. The zero-order valence-electron chi connectivity index (χ0n) is 15.2. The van der Waals surface area contributed by atoms with Gasteiger partial charge in [0.25, 0.3) is 5.91 Å².